The number of Topliss-reactive ketones (excluding diaryl/α,β-unsaturated/α-hetero) is 1. The van der Waals surface area contributed by atoms with Crippen molar-refractivity contribution in [2.45, 2.75) is 33.1 Å². The Morgan fingerprint density at radius 3 is 2.35 bits per heavy atom. The van der Waals surface area contributed by atoms with Crippen LogP contribution in [0.5, 0.6) is 0 Å². The maximum atomic E-state index is 13.0. The van der Waals surface area contributed by atoms with Gasteiger partial charge in [-0.25, -0.2) is 4.39 Å². The van der Waals surface area contributed by atoms with Gasteiger partial charge in [-0.3, -0.25) is 9.59 Å². The molecule has 1 atom stereocenters. The molecule has 0 heterocycles. The van der Waals surface area contributed by atoms with Gasteiger partial charge in [0.2, 0.25) is 5.91 Å². The summed E-state index contributed by atoms with van der Waals surface area (Å²) in [6.07, 6.45) is 0.600. The molecule has 1 N–H and O–H groups in total. The number of rotatable bonds is 5. The van der Waals surface area contributed by atoms with Crippen molar-refractivity contribution in [3.05, 3.63) is 65.0 Å². The van der Waals surface area contributed by atoms with Crippen molar-refractivity contribution in [2.24, 2.45) is 0 Å². The smallest absolute Gasteiger partial charge is 0.231 e. The van der Waals surface area contributed by atoms with Gasteiger partial charge >= 0.3 is 0 Å². The molecule has 1 amide bonds. The molecule has 1 unspecified atom stereocenters. The number of halogens is 1. The van der Waals surface area contributed by atoms with Crippen LogP contribution in [0.15, 0.2) is 42.5 Å². The van der Waals surface area contributed by atoms with Crippen molar-refractivity contribution in [1.29, 1.82) is 0 Å². The first-order chi connectivity index (χ1) is 10.9. The largest absolute Gasteiger partial charge is 0.325 e. The van der Waals surface area contributed by atoms with E-state index < -0.39 is 0 Å². The van der Waals surface area contributed by atoms with Crippen molar-refractivity contribution >= 4 is 17.4 Å². The molecule has 0 aromatic heterocycles. The highest BCUT2D eigenvalue weighted by Crippen LogP contribution is 2.24. The highest BCUT2D eigenvalue weighted by Gasteiger charge is 2.19. The van der Waals surface area contributed by atoms with E-state index >= 15 is 0 Å². The lowest BCUT2D eigenvalue weighted by Gasteiger charge is -2.17. The van der Waals surface area contributed by atoms with Gasteiger partial charge in [-0.1, -0.05) is 31.2 Å². The molecule has 0 aliphatic carbocycles. The molecule has 23 heavy (non-hydrogen) atoms. The molecule has 2 aromatic carbocycles. The number of benzene rings is 2. The van der Waals surface area contributed by atoms with Crippen LogP contribution in [0, 0.1) is 12.7 Å². The monoisotopic (exact) mass is 313 g/mol. The van der Waals surface area contributed by atoms with E-state index in [0.29, 0.717) is 17.7 Å². The average Bonchev–Trinajstić information content (AvgIpc) is 2.52. The number of anilines is 1. The zero-order valence-electron chi connectivity index (χ0n) is 13.5. The number of ketones is 1. The molecule has 120 valence electrons. The fourth-order valence-electron chi connectivity index (χ4n) is 2.46. The van der Waals surface area contributed by atoms with E-state index in [9.17, 15) is 14.0 Å². The zero-order valence-corrected chi connectivity index (χ0v) is 13.5. The number of carbonyl (C=O) groups is 2. The highest BCUT2D eigenvalue weighted by atomic mass is 19.1. The summed E-state index contributed by atoms with van der Waals surface area (Å²) >= 11 is 0. The summed E-state index contributed by atoms with van der Waals surface area (Å²) in [5.74, 6) is -0.904. The second-order valence-corrected chi connectivity index (χ2v) is 5.59. The molecule has 2 aromatic rings. The molecular weight excluding hydrogens is 293 g/mol. The van der Waals surface area contributed by atoms with E-state index in [0.717, 1.165) is 11.1 Å². The summed E-state index contributed by atoms with van der Waals surface area (Å²) in [7, 11) is 0. The quantitative estimate of drug-likeness (QED) is 0.828. The first-order valence-electron chi connectivity index (χ1n) is 7.60. The molecule has 0 aliphatic rings. The Morgan fingerprint density at radius 2 is 1.78 bits per heavy atom. The topological polar surface area (TPSA) is 46.2 Å². The van der Waals surface area contributed by atoms with E-state index in [1.54, 1.807) is 24.3 Å². The molecule has 4 heteroatoms. The molecule has 0 bridgehead atoms. The summed E-state index contributed by atoms with van der Waals surface area (Å²) in [6, 6.07) is 11.2. The van der Waals surface area contributed by atoms with Gasteiger partial charge in [0.25, 0.3) is 0 Å². The van der Waals surface area contributed by atoms with Crippen molar-refractivity contribution in [2.75, 3.05) is 5.32 Å². The Bertz CT molecular complexity index is 723. The van der Waals surface area contributed by atoms with Gasteiger partial charge in [0.05, 0.1) is 5.92 Å². The zero-order chi connectivity index (χ0) is 17.0. The van der Waals surface area contributed by atoms with Crippen LogP contribution in [-0.4, -0.2) is 11.7 Å². The van der Waals surface area contributed by atoms with Crippen molar-refractivity contribution in [3.8, 4) is 0 Å². The minimum Gasteiger partial charge on any atom is -0.325 e. The fraction of sp³-hybridized carbons (Fsp3) is 0.263. The lowest BCUT2D eigenvalue weighted by atomic mass is 9.95. The second kappa shape index (κ2) is 7.18. The molecule has 0 saturated carbocycles. The highest BCUT2D eigenvalue weighted by molar-refractivity contribution is 5.99. The lowest BCUT2D eigenvalue weighted by Crippen LogP contribution is -2.21. The summed E-state index contributed by atoms with van der Waals surface area (Å²) in [6.45, 7) is 5.27. The third-order valence-corrected chi connectivity index (χ3v) is 3.90. The van der Waals surface area contributed by atoms with Gasteiger partial charge in [0.15, 0.2) is 5.78 Å². The van der Waals surface area contributed by atoms with Gasteiger partial charge < -0.3 is 5.32 Å². The van der Waals surface area contributed by atoms with Gasteiger partial charge in [-0.15, -0.1) is 0 Å². The Hall–Kier alpha value is -2.49. The van der Waals surface area contributed by atoms with E-state index in [4.69, 9.17) is 0 Å². The fourth-order valence-corrected chi connectivity index (χ4v) is 2.46. The first kappa shape index (κ1) is 16.9. The summed E-state index contributed by atoms with van der Waals surface area (Å²) in [4.78, 5) is 24.1. The predicted molar refractivity (Wildman–Crippen MR) is 89.2 cm³/mol. The SMILES string of the molecule is CCC(C(=O)Nc1cc(C(C)=O)ccc1C)c1ccc(F)cc1. The van der Waals surface area contributed by atoms with Gasteiger partial charge in [0, 0.05) is 11.3 Å². The van der Waals surface area contributed by atoms with Crippen LogP contribution < -0.4 is 5.32 Å². The molecule has 0 fully saturated rings. The lowest BCUT2D eigenvalue weighted by molar-refractivity contribution is -0.117. The van der Waals surface area contributed by atoms with Crippen LogP contribution in [0.2, 0.25) is 0 Å². The van der Waals surface area contributed by atoms with Gasteiger partial charge in [-0.2, -0.15) is 0 Å². The maximum absolute atomic E-state index is 13.0. The van der Waals surface area contributed by atoms with Crippen LogP contribution in [0.1, 0.15) is 47.7 Å². The third-order valence-electron chi connectivity index (χ3n) is 3.90. The Morgan fingerprint density at radius 1 is 1.13 bits per heavy atom. The minimum absolute atomic E-state index is 0.0499. The number of nitrogens with one attached hydrogen (secondary N) is 1. The number of hydrogen-bond donors (Lipinski definition) is 1. The molecule has 0 saturated heterocycles. The molecule has 0 spiro atoms. The molecule has 0 aliphatic heterocycles. The Balaban J connectivity index is 2.24. The number of hydrogen-bond acceptors (Lipinski definition) is 2. The molecule has 2 rings (SSSR count). The molecule has 3 nitrogen and oxygen atoms in total. The summed E-state index contributed by atoms with van der Waals surface area (Å²) < 4.78 is 13.0. The van der Waals surface area contributed by atoms with Crippen LogP contribution in [-0.2, 0) is 4.79 Å². The van der Waals surface area contributed by atoms with Crippen molar-refractivity contribution in [3.63, 3.8) is 0 Å². The van der Waals surface area contributed by atoms with E-state index in [-0.39, 0.29) is 23.4 Å². The van der Waals surface area contributed by atoms with E-state index in [1.165, 1.54) is 19.1 Å². The van der Waals surface area contributed by atoms with E-state index in [1.807, 2.05) is 19.9 Å². The molecule has 0 radical (unpaired) electrons. The number of carbonyl (C=O) groups excluding carboxylic acids is 2. The number of aryl methyl sites for hydroxylation is 1. The van der Waals surface area contributed by atoms with Crippen LogP contribution in [0.4, 0.5) is 10.1 Å². The van der Waals surface area contributed by atoms with Gasteiger partial charge in [-0.05, 0) is 49.6 Å². The van der Waals surface area contributed by atoms with Crippen LogP contribution in [0.3, 0.4) is 0 Å². The summed E-state index contributed by atoms with van der Waals surface area (Å²) in [5, 5.41) is 2.88. The van der Waals surface area contributed by atoms with Crippen LogP contribution in [0.25, 0.3) is 0 Å². The Labute approximate surface area is 135 Å². The van der Waals surface area contributed by atoms with Crippen molar-refractivity contribution < 1.29 is 14.0 Å². The van der Waals surface area contributed by atoms with Crippen molar-refractivity contribution in [1.82, 2.24) is 0 Å². The van der Waals surface area contributed by atoms with E-state index in [2.05, 4.69) is 5.32 Å². The Kier molecular flexibility index (Phi) is 5.27. The average molecular weight is 313 g/mol. The predicted octanol–water partition coefficient (Wildman–Crippen LogP) is 4.47. The normalized spacial score (nSPS) is 11.8. The maximum Gasteiger partial charge on any atom is 0.231 e. The second-order valence-electron chi connectivity index (χ2n) is 5.59. The molecular formula is C19H20FNO2. The number of amides is 1. The summed E-state index contributed by atoms with van der Waals surface area (Å²) in [5.41, 5.74) is 2.84. The van der Waals surface area contributed by atoms with Gasteiger partial charge in [0.1, 0.15) is 5.82 Å². The standard InChI is InChI=1S/C19H20FNO2/c1-4-17(14-7-9-16(20)10-8-14)19(23)21-18-11-15(13(3)22)6-5-12(18)2/h5-11,17H,4H2,1-3H3,(H,21,23). The third kappa shape index (κ3) is 4.03. The van der Waals surface area contributed by atoms with Crippen LogP contribution >= 0.6 is 0 Å². The minimum atomic E-state index is -0.365. The first-order valence-corrected chi connectivity index (χ1v) is 7.60.